The number of carbonyl (C=O) groups excluding carboxylic acids is 2. The summed E-state index contributed by atoms with van der Waals surface area (Å²) < 4.78 is 10.3. The van der Waals surface area contributed by atoms with E-state index in [9.17, 15) is 14.7 Å². The van der Waals surface area contributed by atoms with Gasteiger partial charge in [0.2, 0.25) is 11.7 Å². The molecule has 8 nitrogen and oxygen atoms in total. The summed E-state index contributed by atoms with van der Waals surface area (Å²) in [5.41, 5.74) is 6.67. The van der Waals surface area contributed by atoms with Crippen molar-refractivity contribution < 1.29 is 24.2 Å². The minimum Gasteiger partial charge on any atom is -0.501 e. The molecule has 4 N–H and O–H groups in total. The summed E-state index contributed by atoms with van der Waals surface area (Å²) in [6.07, 6.45) is 2.25. The third-order valence-electron chi connectivity index (χ3n) is 3.66. The molecule has 0 spiro atoms. The molecule has 2 rings (SSSR count). The molecule has 2 amide bonds. The van der Waals surface area contributed by atoms with Crippen LogP contribution in [0.5, 0.6) is 17.4 Å². The van der Waals surface area contributed by atoms with Crippen molar-refractivity contribution in [2.45, 2.75) is 32.2 Å². The molecule has 0 saturated heterocycles. The molecule has 144 valence electrons. The van der Waals surface area contributed by atoms with Gasteiger partial charge in [-0.1, -0.05) is 43.7 Å². The van der Waals surface area contributed by atoms with Crippen molar-refractivity contribution >= 4 is 12.0 Å². The van der Waals surface area contributed by atoms with Crippen LogP contribution in [0.3, 0.4) is 0 Å². The number of imide groups is 1. The number of carbonyl (C=O) groups is 2. The van der Waals surface area contributed by atoms with E-state index in [1.165, 1.54) is 12.3 Å². The molecule has 2 aromatic rings. The van der Waals surface area contributed by atoms with E-state index >= 15 is 0 Å². The summed E-state index contributed by atoms with van der Waals surface area (Å²) in [7, 11) is 0. The lowest BCUT2D eigenvalue weighted by molar-refractivity contribution is -0.121. The van der Waals surface area contributed by atoms with Crippen molar-refractivity contribution in [2.24, 2.45) is 5.73 Å². The van der Waals surface area contributed by atoms with Gasteiger partial charge in [0.25, 0.3) is 5.88 Å². The van der Waals surface area contributed by atoms with Crippen LogP contribution in [0.1, 0.15) is 25.3 Å². The maximum atomic E-state index is 12.0. The lowest BCUT2D eigenvalue weighted by atomic mass is 10.1. The molecule has 0 aliphatic rings. The maximum absolute atomic E-state index is 12.0. The zero-order valence-corrected chi connectivity index (χ0v) is 15.1. The maximum Gasteiger partial charge on any atom is 0.420 e. The molecule has 0 bridgehead atoms. The van der Waals surface area contributed by atoms with E-state index in [4.69, 9.17) is 15.2 Å². The van der Waals surface area contributed by atoms with Crippen molar-refractivity contribution in [1.29, 1.82) is 0 Å². The van der Waals surface area contributed by atoms with E-state index in [2.05, 4.69) is 4.98 Å². The number of amides is 2. The number of rotatable bonds is 8. The van der Waals surface area contributed by atoms with Crippen LogP contribution in [0.25, 0.3) is 0 Å². The fraction of sp³-hybridized carbons (Fsp3) is 0.316. The van der Waals surface area contributed by atoms with Crippen LogP contribution in [0, 0.1) is 0 Å². The number of benzene rings is 1. The number of pyridine rings is 1. The predicted octanol–water partition coefficient (Wildman–Crippen LogP) is 2.15. The summed E-state index contributed by atoms with van der Waals surface area (Å²) in [6.45, 7) is 2.42. The topological polar surface area (TPSA) is 124 Å². The van der Waals surface area contributed by atoms with Crippen molar-refractivity contribution in [2.75, 3.05) is 6.61 Å². The summed E-state index contributed by atoms with van der Waals surface area (Å²) in [4.78, 5) is 27.7. The van der Waals surface area contributed by atoms with Crippen molar-refractivity contribution in [3.05, 3.63) is 48.2 Å². The monoisotopic (exact) mass is 373 g/mol. The average molecular weight is 373 g/mol. The number of aromatic hydroxyl groups is 1. The second-order valence-electron chi connectivity index (χ2n) is 5.84. The highest BCUT2D eigenvalue weighted by Crippen LogP contribution is 2.33. The van der Waals surface area contributed by atoms with Gasteiger partial charge in [0.05, 0.1) is 12.6 Å². The molecule has 1 aromatic carbocycles. The van der Waals surface area contributed by atoms with Crippen LogP contribution >= 0.6 is 0 Å². The summed E-state index contributed by atoms with van der Waals surface area (Å²) in [5, 5.41) is 12.1. The first-order valence-corrected chi connectivity index (χ1v) is 8.64. The second kappa shape index (κ2) is 10.1. The average Bonchev–Trinajstić information content (AvgIpc) is 2.65. The first-order chi connectivity index (χ1) is 13.0. The van der Waals surface area contributed by atoms with Gasteiger partial charge in [-0.3, -0.25) is 10.1 Å². The highest BCUT2D eigenvalue weighted by atomic mass is 16.6. The Labute approximate surface area is 157 Å². The minimum absolute atomic E-state index is 0.147. The molecule has 1 heterocycles. The third-order valence-corrected chi connectivity index (χ3v) is 3.66. The molecule has 0 saturated carbocycles. The summed E-state index contributed by atoms with van der Waals surface area (Å²) >= 11 is 0. The van der Waals surface area contributed by atoms with Gasteiger partial charge >= 0.3 is 6.09 Å². The number of nitrogens with two attached hydrogens (primary N) is 1. The van der Waals surface area contributed by atoms with Crippen LogP contribution < -0.4 is 20.5 Å². The van der Waals surface area contributed by atoms with E-state index in [0.717, 1.165) is 18.4 Å². The normalized spacial score (nSPS) is 11.5. The van der Waals surface area contributed by atoms with Gasteiger partial charge in [0.1, 0.15) is 0 Å². The molecular formula is C19H23N3O5. The minimum atomic E-state index is -1.09. The molecule has 0 fully saturated rings. The van der Waals surface area contributed by atoms with E-state index in [-0.39, 0.29) is 18.1 Å². The van der Waals surface area contributed by atoms with Crippen LogP contribution in [-0.4, -0.2) is 34.7 Å². The molecule has 0 aliphatic carbocycles. The van der Waals surface area contributed by atoms with Gasteiger partial charge in [0.15, 0.2) is 5.75 Å². The third kappa shape index (κ3) is 6.27. The van der Waals surface area contributed by atoms with E-state index in [1.807, 2.05) is 42.6 Å². The molecule has 0 radical (unpaired) electrons. The lowest BCUT2D eigenvalue weighted by Gasteiger charge is -2.12. The number of hydrogen-bond donors (Lipinski definition) is 3. The molecule has 1 atom stereocenters. The number of aromatic nitrogens is 1. The smallest absolute Gasteiger partial charge is 0.420 e. The van der Waals surface area contributed by atoms with Gasteiger partial charge in [-0.25, -0.2) is 9.78 Å². The van der Waals surface area contributed by atoms with Crippen LogP contribution in [0.4, 0.5) is 4.79 Å². The fourth-order valence-electron chi connectivity index (χ4n) is 2.20. The highest BCUT2D eigenvalue weighted by Gasteiger charge is 2.20. The summed E-state index contributed by atoms with van der Waals surface area (Å²) in [6, 6.07) is 9.71. The van der Waals surface area contributed by atoms with Gasteiger partial charge < -0.3 is 20.3 Å². The Morgan fingerprint density at radius 2 is 2.00 bits per heavy atom. The number of nitrogens with one attached hydrogen (secondary N) is 1. The van der Waals surface area contributed by atoms with Crippen LogP contribution in [0.15, 0.2) is 42.6 Å². The quantitative estimate of drug-likeness (QED) is 0.606. The zero-order chi connectivity index (χ0) is 19.6. The Hall–Kier alpha value is -3.13. The van der Waals surface area contributed by atoms with Crippen LogP contribution in [-0.2, 0) is 11.2 Å². The molecule has 8 heteroatoms. The molecular weight excluding hydrogens is 350 g/mol. The largest absolute Gasteiger partial charge is 0.501 e. The molecule has 0 unspecified atom stereocenters. The first kappa shape index (κ1) is 20.2. The Morgan fingerprint density at radius 3 is 2.70 bits per heavy atom. The highest BCUT2D eigenvalue weighted by molar-refractivity contribution is 5.95. The number of nitrogens with zero attached hydrogens (tertiary/aromatic N) is 1. The standard InChI is InChI=1S/C19H23N3O5/c1-2-3-11-26-15-9-10-21-18(16(15)23)27-19(25)22-17(24)14(20)12-13-7-5-4-6-8-13/h4-10,14,23H,2-3,11-12,20H2,1H3,(H,22,24,25)/t14-/m0/s1. The summed E-state index contributed by atoms with van der Waals surface area (Å²) in [5.74, 6) is -1.32. The Bertz CT molecular complexity index is 767. The van der Waals surface area contributed by atoms with Crippen LogP contribution in [0.2, 0.25) is 0 Å². The van der Waals surface area contributed by atoms with Gasteiger partial charge in [-0.15, -0.1) is 0 Å². The lowest BCUT2D eigenvalue weighted by Crippen LogP contribution is -2.45. The molecule has 1 aromatic heterocycles. The Balaban J connectivity index is 1.91. The number of ether oxygens (including phenoxy) is 2. The number of unbranched alkanes of at least 4 members (excludes halogenated alkanes) is 1. The van der Waals surface area contributed by atoms with Crippen molar-refractivity contribution in [3.8, 4) is 17.4 Å². The molecule has 0 aliphatic heterocycles. The van der Waals surface area contributed by atoms with Gasteiger partial charge in [0, 0.05) is 12.3 Å². The Morgan fingerprint density at radius 1 is 1.26 bits per heavy atom. The SMILES string of the molecule is CCCCOc1ccnc(OC(=O)NC(=O)[C@@H](N)Cc2ccccc2)c1O. The second-order valence-corrected chi connectivity index (χ2v) is 5.84. The predicted molar refractivity (Wildman–Crippen MR) is 98.6 cm³/mol. The van der Waals surface area contributed by atoms with Crippen molar-refractivity contribution in [1.82, 2.24) is 10.3 Å². The van der Waals surface area contributed by atoms with E-state index in [0.29, 0.717) is 6.61 Å². The first-order valence-electron chi connectivity index (χ1n) is 8.64. The van der Waals surface area contributed by atoms with Gasteiger partial charge in [-0.2, -0.15) is 0 Å². The van der Waals surface area contributed by atoms with E-state index < -0.39 is 23.8 Å². The van der Waals surface area contributed by atoms with Gasteiger partial charge in [-0.05, 0) is 18.4 Å². The van der Waals surface area contributed by atoms with Crippen molar-refractivity contribution in [3.63, 3.8) is 0 Å². The fourth-order valence-corrected chi connectivity index (χ4v) is 2.20. The van der Waals surface area contributed by atoms with E-state index in [1.54, 1.807) is 0 Å². The Kier molecular flexibility index (Phi) is 7.57. The zero-order valence-electron chi connectivity index (χ0n) is 15.1. The molecule has 27 heavy (non-hydrogen) atoms. The number of hydrogen-bond acceptors (Lipinski definition) is 7.